The molecule has 2 aromatic rings. The van der Waals surface area contributed by atoms with Gasteiger partial charge in [-0.3, -0.25) is 0 Å². The van der Waals surface area contributed by atoms with Crippen molar-refractivity contribution in [2.45, 2.75) is 6.18 Å². The van der Waals surface area contributed by atoms with Crippen LogP contribution in [-0.2, 0) is 6.18 Å². The lowest BCUT2D eigenvalue weighted by Gasteiger charge is -2.09. The molecule has 1 heterocycles. The molecule has 0 spiro atoms. The minimum absolute atomic E-state index is 0.407. The number of ether oxygens (including phenoxy) is 2. The van der Waals surface area contributed by atoms with Crippen LogP contribution in [0.1, 0.15) is 5.56 Å². The SMILES string of the molecule is COc1nn(-c2ccccc2)c(OC)c1C(F)(F)F. The third-order valence-corrected chi connectivity index (χ3v) is 2.48. The summed E-state index contributed by atoms with van der Waals surface area (Å²) >= 11 is 0. The molecule has 4 nitrogen and oxygen atoms in total. The Labute approximate surface area is 107 Å². The summed E-state index contributed by atoms with van der Waals surface area (Å²) in [4.78, 5) is 0. The van der Waals surface area contributed by atoms with Crippen LogP contribution in [0.2, 0.25) is 0 Å². The summed E-state index contributed by atoms with van der Waals surface area (Å²) in [6.45, 7) is 0. The van der Waals surface area contributed by atoms with Gasteiger partial charge in [0.15, 0.2) is 5.56 Å². The summed E-state index contributed by atoms with van der Waals surface area (Å²) in [6, 6.07) is 8.37. The minimum atomic E-state index is -4.61. The topological polar surface area (TPSA) is 36.3 Å². The summed E-state index contributed by atoms with van der Waals surface area (Å²) in [6.07, 6.45) is -4.61. The maximum atomic E-state index is 13.0. The molecule has 7 heteroatoms. The van der Waals surface area contributed by atoms with Crippen molar-refractivity contribution in [2.24, 2.45) is 0 Å². The van der Waals surface area contributed by atoms with Gasteiger partial charge in [-0.15, -0.1) is 5.10 Å². The molecule has 0 atom stereocenters. The van der Waals surface area contributed by atoms with Crippen molar-refractivity contribution in [3.05, 3.63) is 35.9 Å². The molecule has 0 aliphatic carbocycles. The number of halogens is 3. The highest BCUT2D eigenvalue weighted by atomic mass is 19.4. The van der Waals surface area contributed by atoms with E-state index in [4.69, 9.17) is 4.74 Å². The lowest BCUT2D eigenvalue weighted by Crippen LogP contribution is -2.08. The Hall–Kier alpha value is -2.18. The largest absolute Gasteiger partial charge is 0.480 e. The molecule has 0 radical (unpaired) electrons. The zero-order valence-corrected chi connectivity index (χ0v) is 10.2. The Morgan fingerprint density at radius 3 is 2.16 bits per heavy atom. The molecule has 0 fully saturated rings. The number of benzene rings is 1. The first kappa shape index (κ1) is 13.3. The number of hydrogen-bond acceptors (Lipinski definition) is 3. The van der Waals surface area contributed by atoms with Crippen LogP contribution in [-0.4, -0.2) is 24.0 Å². The molecule has 0 saturated carbocycles. The first-order valence-corrected chi connectivity index (χ1v) is 5.32. The molecule has 1 aromatic heterocycles. The summed E-state index contributed by atoms with van der Waals surface area (Å²) in [5, 5.41) is 3.79. The number of methoxy groups -OCH3 is 2. The van der Waals surface area contributed by atoms with Gasteiger partial charge in [0.2, 0.25) is 11.8 Å². The Kier molecular flexibility index (Phi) is 3.37. The van der Waals surface area contributed by atoms with Gasteiger partial charge in [0, 0.05) is 0 Å². The van der Waals surface area contributed by atoms with Gasteiger partial charge in [0.05, 0.1) is 19.9 Å². The molecule has 0 N–H and O–H groups in total. The van der Waals surface area contributed by atoms with E-state index >= 15 is 0 Å². The van der Waals surface area contributed by atoms with Crippen molar-refractivity contribution in [3.63, 3.8) is 0 Å². The van der Waals surface area contributed by atoms with Crippen molar-refractivity contribution in [3.8, 4) is 17.4 Å². The van der Waals surface area contributed by atoms with Crippen LogP contribution in [0.4, 0.5) is 13.2 Å². The second-order valence-electron chi connectivity index (χ2n) is 3.64. The van der Waals surface area contributed by atoms with Crippen LogP contribution in [0.25, 0.3) is 5.69 Å². The fourth-order valence-electron chi connectivity index (χ4n) is 1.70. The van der Waals surface area contributed by atoms with Crippen molar-refractivity contribution < 1.29 is 22.6 Å². The molecular weight excluding hydrogens is 261 g/mol. The standard InChI is InChI=1S/C12H11F3N2O2/c1-18-10-9(12(13,14)15)11(19-2)17(16-10)8-6-4-3-5-7-8/h3-7H,1-2H3. The lowest BCUT2D eigenvalue weighted by molar-refractivity contribution is -0.140. The van der Waals surface area contributed by atoms with Crippen LogP contribution in [0.3, 0.4) is 0 Å². The van der Waals surface area contributed by atoms with Crippen molar-refractivity contribution in [1.29, 1.82) is 0 Å². The smallest absolute Gasteiger partial charge is 0.426 e. The monoisotopic (exact) mass is 272 g/mol. The van der Waals surface area contributed by atoms with Gasteiger partial charge in [-0.2, -0.15) is 17.9 Å². The van der Waals surface area contributed by atoms with Crippen LogP contribution < -0.4 is 9.47 Å². The molecule has 2 rings (SSSR count). The number of alkyl halides is 3. The molecule has 102 valence electrons. The molecule has 0 amide bonds. The molecule has 0 bridgehead atoms. The van der Waals surface area contributed by atoms with Gasteiger partial charge in [0.25, 0.3) is 0 Å². The molecule has 0 saturated heterocycles. The van der Waals surface area contributed by atoms with Crippen LogP contribution in [0.15, 0.2) is 30.3 Å². The van der Waals surface area contributed by atoms with Gasteiger partial charge in [-0.25, -0.2) is 0 Å². The predicted octanol–water partition coefficient (Wildman–Crippen LogP) is 2.91. The first-order valence-electron chi connectivity index (χ1n) is 5.32. The minimum Gasteiger partial charge on any atom is -0.480 e. The Bertz CT molecular complexity index is 564. The normalized spacial score (nSPS) is 11.4. The molecule has 19 heavy (non-hydrogen) atoms. The summed E-state index contributed by atoms with van der Waals surface area (Å²) in [5.74, 6) is -0.927. The van der Waals surface area contributed by atoms with E-state index in [1.165, 1.54) is 0 Å². The van der Waals surface area contributed by atoms with Gasteiger partial charge >= 0.3 is 6.18 Å². The van der Waals surface area contributed by atoms with Gasteiger partial charge in [0.1, 0.15) is 0 Å². The summed E-state index contributed by atoms with van der Waals surface area (Å²) < 4.78 is 49.6. The number of para-hydroxylation sites is 1. The number of nitrogens with zero attached hydrogens (tertiary/aromatic N) is 2. The van der Waals surface area contributed by atoms with E-state index in [-0.39, 0.29) is 0 Å². The zero-order chi connectivity index (χ0) is 14.0. The maximum Gasteiger partial charge on any atom is 0.426 e. The van der Waals surface area contributed by atoms with E-state index in [0.717, 1.165) is 18.9 Å². The van der Waals surface area contributed by atoms with E-state index in [1.54, 1.807) is 30.3 Å². The fraction of sp³-hybridized carbons (Fsp3) is 0.250. The lowest BCUT2D eigenvalue weighted by atomic mass is 10.3. The third kappa shape index (κ3) is 2.35. The Morgan fingerprint density at radius 1 is 1.05 bits per heavy atom. The third-order valence-electron chi connectivity index (χ3n) is 2.48. The van der Waals surface area contributed by atoms with Gasteiger partial charge in [-0.05, 0) is 12.1 Å². The second kappa shape index (κ2) is 4.83. The van der Waals surface area contributed by atoms with E-state index in [0.29, 0.717) is 5.69 Å². The first-order chi connectivity index (χ1) is 8.99. The quantitative estimate of drug-likeness (QED) is 0.862. The zero-order valence-electron chi connectivity index (χ0n) is 10.2. The highest BCUT2D eigenvalue weighted by Gasteiger charge is 2.42. The van der Waals surface area contributed by atoms with Crippen molar-refractivity contribution in [1.82, 2.24) is 9.78 Å². The van der Waals surface area contributed by atoms with Gasteiger partial charge < -0.3 is 9.47 Å². The molecular formula is C12H11F3N2O2. The summed E-state index contributed by atoms with van der Waals surface area (Å²) in [5.41, 5.74) is -0.575. The predicted molar refractivity (Wildman–Crippen MR) is 61.7 cm³/mol. The molecule has 0 aliphatic rings. The fourth-order valence-corrected chi connectivity index (χ4v) is 1.70. The second-order valence-corrected chi connectivity index (χ2v) is 3.64. The van der Waals surface area contributed by atoms with Crippen molar-refractivity contribution >= 4 is 0 Å². The number of rotatable bonds is 3. The van der Waals surface area contributed by atoms with Crippen LogP contribution >= 0.6 is 0 Å². The van der Waals surface area contributed by atoms with Crippen LogP contribution in [0.5, 0.6) is 11.8 Å². The molecule has 1 aromatic carbocycles. The van der Waals surface area contributed by atoms with Crippen molar-refractivity contribution in [2.75, 3.05) is 14.2 Å². The van der Waals surface area contributed by atoms with E-state index in [9.17, 15) is 13.2 Å². The molecule has 0 unspecified atom stereocenters. The average Bonchev–Trinajstić information content (AvgIpc) is 2.78. The summed E-state index contributed by atoms with van der Waals surface area (Å²) in [7, 11) is 2.29. The average molecular weight is 272 g/mol. The highest BCUT2D eigenvalue weighted by Crippen LogP contribution is 2.43. The van der Waals surface area contributed by atoms with Gasteiger partial charge in [-0.1, -0.05) is 18.2 Å². The maximum absolute atomic E-state index is 13.0. The Morgan fingerprint density at radius 2 is 1.68 bits per heavy atom. The number of aromatic nitrogens is 2. The van der Waals surface area contributed by atoms with E-state index in [1.807, 2.05) is 0 Å². The van der Waals surface area contributed by atoms with E-state index < -0.39 is 23.5 Å². The van der Waals surface area contributed by atoms with Crippen LogP contribution in [0, 0.1) is 0 Å². The molecule has 0 aliphatic heterocycles. The van der Waals surface area contributed by atoms with E-state index in [2.05, 4.69) is 9.84 Å². The number of hydrogen-bond donors (Lipinski definition) is 0. The Balaban J connectivity index is 2.67. The highest BCUT2D eigenvalue weighted by molar-refractivity contribution is 5.45.